The largest absolute Gasteiger partial charge is 0.316 e. The van der Waals surface area contributed by atoms with Crippen LogP contribution in [0.4, 0.5) is 0 Å². The van der Waals surface area contributed by atoms with Gasteiger partial charge < -0.3 is 5.32 Å². The quantitative estimate of drug-likeness (QED) is 0.613. The van der Waals surface area contributed by atoms with Crippen LogP contribution in [0.25, 0.3) is 0 Å². The summed E-state index contributed by atoms with van der Waals surface area (Å²) in [6.07, 6.45) is 13.0. The van der Waals surface area contributed by atoms with E-state index in [1.165, 1.54) is 70.9 Å². The van der Waals surface area contributed by atoms with Gasteiger partial charge in [-0.05, 0) is 38.3 Å². The Balaban J connectivity index is 1.82. The molecule has 1 saturated heterocycles. The van der Waals surface area contributed by atoms with Gasteiger partial charge in [-0.25, -0.2) is 0 Å². The lowest BCUT2D eigenvalue weighted by Crippen LogP contribution is -2.29. The second kappa shape index (κ2) is 8.28. The molecule has 14 heavy (non-hydrogen) atoms. The molecule has 0 aromatic rings. The smallest absolute Gasteiger partial charge is 0.00205 e. The molecule has 0 radical (unpaired) electrons. The Morgan fingerprint density at radius 2 is 1.86 bits per heavy atom. The number of rotatable bonds is 7. The highest BCUT2D eigenvalue weighted by Crippen LogP contribution is 2.18. The van der Waals surface area contributed by atoms with Crippen LogP contribution >= 0.6 is 0 Å². The molecular formula is C13H27N. The third kappa shape index (κ3) is 5.64. The molecule has 1 rings (SSSR count). The fourth-order valence-corrected chi connectivity index (χ4v) is 2.38. The first-order chi connectivity index (χ1) is 6.93. The highest BCUT2D eigenvalue weighted by atomic mass is 14.9. The first kappa shape index (κ1) is 12.0. The molecule has 0 aliphatic carbocycles. The van der Waals surface area contributed by atoms with Crippen LogP contribution in [0.1, 0.15) is 64.7 Å². The lowest BCUT2D eigenvalue weighted by atomic mass is 9.93. The second-order valence-electron chi connectivity index (χ2n) is 4.77. The molecule has 1 fully saturated rings. The summed E-state index contributed by atoms with van der Waals surface area (Å²) in [4.78, 5) is 0. The molecule has 1 atom stereocenters. The van der Waals surface area contributed by atoms with Crippen molar-refractivity contribution in [3.8, 4) is 0 Å². The Kier molecular flexibility index (Phi) is 7.12. The summed E-state index contributed by atoms with van der Waals surface area (Å²) in [6.45, 7) is 4.83. The Hall–Kier alpha value is -0.0400. The molecule has 0 spiro atoms. The molecule has 1 nitrogen and oxygen atoms in total. The van der Waals surface area contributed by atoms with Gasteiger partial charge in [-0.2, -0.15) is 0 Å². The Bertz CT molecular complexity index is 116. The summed E-state index contributed by atoms with van der Waals surface area (Å²) in [5.74, 6) is 0.995. The van der Waals surface area contributed by atoms with E-state index in [9.17, 15) is 0 Å². The van der Waals surface area contributed by atoms with E-state index in [1.807, 2.05) is 0 Å². The van der Waals surface area contributed by atoms with Crippen molar-refractivity contribution in [1.29, 1.82) is 0 Å². The van der Waals surface area contributed by atoms with E-state index < -0.39 is 0 Å². The lowest BCUT2D eigenvalue weighted by molar-refractivity contribution is 0.345. The molecule has 0 aromatic carbocycles. The number of nitrogens with one attached hydrogen (secondary N) is 1. The maximum atomic E-state index is 3.50. The minimum atomic E-state index is 0.995. The summed E-state index contributed by atoms with van der Waals surface area (Å²) < 4.78 is 0. The molecule has 1 heterocycles. The molecule has 0 saturated carbocycles. The normalized spacial score (nSPS) is 22.5. The zero-order chi connectivity index (χ0) is 10.1. The van der Waals surface area contributed by atoms with Gasteiger partial charge >= 0.3 is 0 Å². The average Bonchev–Trinajstić information content (AvgIpc) is 2.25. The number of piperidine rings is 1. The van der Waals surface area contributed by atoms with E-state index >= 15 is 0 Å². The maximum Gasteiger partial charge on any atom is -0.00205 e. The summed E-state index contributed by atoms with van der Waals surface area (Å²) in [7, 11) is 0. The molecular weight excluding hydrogens is 170 g/mol. The van der Waals surface area contributed by atoms with E-state index in [0.717, 1.165) is 5.92 Å². The van der Waals surface area contributed by atoms with Crippen LogP contribution in [0.2, 0.25) is 0 Å². The molecule has 1 aliphatic rings. The summed E-state index contributed by atoms with van der Waals surface area (Å²) in [6, 6.07) is 0. The van der Waals surface area contributed by atoms with Crippen molar-refractivity contribution in [2.75, 3.05) is 13.1 Å². The zero-order valence-corrected chi connectivity index (χ0v) is 9.86. The number of hydrogen-bond donors (Lipinski definition) is 1. The minimum Gasteiger partial charge on any atom is -0.316 e. The van der Waals surface area contributed by atoms with E-state index in [0.29, 0.717) is 0 Å². The van der Waals surface area contributed by atoms with Gasteiger partial charge in [-0.1, -0.05) is 45.4 Å². The van der Waals surface area contributed by atoms with Gasteiger partial charge in [0.1, 0.15) is 0 Å². The van der Waals surface area contributed by atoms with Crippen molar-refractivity contribution in [1.82, 2.24) is 5.32 Å². The van der Waals surface area contributed by atoms with Gasteiger partial charge in [-0.3, -0.25) is 0 Å². The Labute approximate surface area is 89.7 Å². The SMILES string of the molecule is CCCCCCCCC1CCCNC1. The van der Waals surface area contributed by atoms with Gasteiger partial charge in [0.2, 0.25) is 0 Å². The fourth-order valence-electron chi connectivity index (χ4n) is 2.38. The van der Waals surface area contributed by atoms with Crippen LogP contribution in [0, 0.1) is 5.92 Å². The predicted octanol–water partition coefficient (Wildman–Crippen LogP) is 3.74. The van der Waals surface area contributed by atoms with Crippen molar-refractivity contribution in [3.05, 3.63) is 0 Å². The summed E-state index contributed by atoms with van der Waals surface area (Å²) in [5, 5.41) is 3.50. The van der Waals surface area contributed by atoms with Crippen molar-refractivity contribution in [3.63, 3.8) is 0 Å². The second-order valence-corrected chi connectivity index (χ2v) is 4.77. The van der Waals surface area contributed by atoms with Crippen molar-refractivity contribution >= 4 is 0 Å². The lowest BCUT2D eigenvalue weighted by Gasteiger charge is -2.22. The van der Waals surface area contributed by atoms with Crippen LogP contribution in [0.3, 0.4) is 0 Å². The van der Waals surface area contributed by atoms with Gasteiger partial charge in [0.15, 0.2) is 0 Å². The van der Waals surface area contributed by atoms with Crippen LogP contribution in [0.15, 0.2) is 0 Å². The van der Waals surface area contributed by atoms with E-state index in [-0.39, 0.29) is 0 Å². The van der Waals surface area contributed by atoms with Crippen LogP contribution in [0.5, 0.6) is 0 Å². The van der Waals surface area contributed by atoms with Gasteiger partial charge in [0.05, 0.1) is 0 Å². The molecule has 84 valence electrons. The molecule has 0 bridgehead atoms. The predicted molar refractivity (Wildman–Crippen MR) is 63.6 cm³/mol. The molecule has 0 aromatic heterocycles. The number of unbranched alkanes of at least 4 members (excludes halogenated alkanes) is 5. The average molecular weight is 197 g/mol. The fraction of sp³-hybridized carbons (Fsp3) is 1.00. The maximum absolute atomic E-state index is 3.50. The highest BCUT2D eigenvalue weighted by Gasteiger charge is 2.11. The first-order valence-corrected chi connectivity index (χ1v) is 6.64. The Morgan fingerprint density at radius 1 is 1.07 bits per heavy atom. The van der Waals surface area contributed by atoms with Crippen LogP contribution in [-0.2, 0) is 0 Å². The topological polar surface area (TPSA) is 12.0 Å². The Morgan fingerprint density at radius 3 is 2.57 bits per heavy atom. The van der Waals surface area contributed by atoms with E-state index in [2.05, 4.69) is 12.2 Å². The molecule has 1 aliphatic heterocycles. The minimum absolute atomic E-state index is 0.995. The van der Waals surface area contributed by atoms with Gasteiger partial charge in [-0.15, -0.1) is 0 Å². The summed E-state index contributed by atoms with van der Waals surface area (Å²) in [5.41, 5.74) is 0. The van der Waals surface area contributed by atoms with Crippen LogP contribution < -0.4 is 5.32 Å². The first-order valence-electron chi connectivity index (χ1n) is 6.64. The molecule has 1 N–H and O–H groups in total. The molecule has 1 unspecified atom stereocenters. The van der Waals surface area contributed by atoms with Crippen molar-refractivity contribution in [2.45, 2.75) is 64.7 Å². The molecule has 0 amide bonds. The van der Waals surface area contributed by atoms with E-state index in [1.54, 1.807) is 0 Å². The zero-order valence-electron chi connectivity index (χ0n) is 9.86. The highest BCUT2D eigenvalue weighted by molar-refractivity contribution is 4.68. The van der Waals surface area contributed by atoms with E-state index in [4.69, 9.17) is 0 Å². The number of hydrogen-bond acceptors (Lipinski definition) is 1. The van der Waals surface area contributed by atoms with Crippen LogP contribution in [-0.4, -0.2) is 13.1 Å². The molecule has 1 heteroatoms. The third-order valence-corrected chi connectivity index (χ3v) is 3.36. The summed E-state index contributed by atoms with van der Waals surface area (Å²) >= 11 is 0. The van der Waals surface area contributed by atoms with Crippen molar-refractivity contribution in [2.24, 2.45) is 5.92 Å². The monoisotopic (exact) mass is 197 g/mol. The van der Waals surface area contributed by atoms with Gasteiger partial charge in [0.25, 0.3) is 0 Å². The van der Waals surface area contributed by atoms with Gasteiger partial charge in [0, 0.05) is 0 Å². The standard InChI is InChI=1S/C13H27N/c1-2-3-4-5-6-7-9-13-10-8-11-14-12-13/h13-14H,2-12H2,1H3. The third-order valence-electron chi connectivity index (χ3n) is 3.36. The van der Waals surface area contributed by atoms with Crippen molar-refractivity contribution < 1.29 is 0 Å².